The number of esters is 1. The molecule has 2 aromatic rings. The summed E-state index contributed by atoms with van der Waals surface area (Å²) in [6, 6.07) is 12.5. The zero-order valence-corrected chi connectivity index (χ0v) is 14.4. The van der Waals surface area contributed by atoms with Gasteiger partial charge in [0.25, 0.3) is 0 Å². The molecule has 6 heteroatoms. The Morgan fingerprint density at radius 2 is 1.61 bits per heavy atom. The van der Waals surface area contributed by atoms with Gasteiger partial charge in [-0.2, -0.15) is 0 Å². The Morgan fingerprint density at radius 1 is 1.04 bits per heavy atom. The molecule has 0 aliphatic carbocycles. The number of hydrogen-bond acceptors (Lipinski definition) is 4. The highest BCUT2D eigenvalue weighted by Gasteiger charge is 2.39. The third kappa shape index (κ3) is 3.12. The topological polar surface area (TPSA) is 72.4 Å². The quantitative estimate of drug-likeness (QED) is 0.631. The van der Waals surface area contributed by atoms with E-state index in [1.54, 1.807) is 30.3 Å². The predicted octanol–water partition coefficient (Wildman–Crippen LogP) is 3.00. The van der Waals surface area contributed by atoms with E-state index in [1.807, 2.05) is 19.1 Å². The van der Waals surface area contributed by atoms with Crippen molar-refractivity contribution in [2.24, 2.45) is 0 Å². The smallest absolute Gasteiger partial charge is 0.302 e. The van der Waals surface area contributed by atoms with Crippen LogP contribution in [0.5, 0.6) is 0 Å². The lowest BCUT2D eigenvalue weighted by Gasteiger charge is -2.23. The molecule has 120 valence electrons. The van der Waals surface area contributed by atoms with Crippen LogP contribution in [-0.2, 0) is 31.9 Å². The minimum Gasteiger partial charge on any atom is -0.606 e. The lowest BCUT2D eigenvalue weighted by molar-refractivity contribution is -0.141. The van der Waals surface area contributed by atoms with Crippen LogP contribution < -0.4 is 0 Å². The molecule has 0 fully saturated rings. The van der Waals surface area contributed by atoms with E-state index in [9.17, 15) is 13.9 Å². The van der Waals surface area contributed by atoms with Gasteiger partial charge < -0.3 is 13.8 Å². The Morgan fingerprint density at radius 3 is 2.22 bits per heavy atom. The summed E-state index contributed by atoms with van der Waals surface area (Å²) in [7, 11) is 0. The third-order valence-electron chi connectivity index (χ3n) is 3.72. The van der Waals surface area contributed by atoms with Crippen LogP contribution in [0.25, 0.3) is 0 Å². The summed E-state index contributed by atoms with van der Waals surface area (Å²) in [6.45, 7) is 3.57. The number of hydrogen-bond donors (Lipinski definition) is 0. The van der Waals surface area contributed by atoms with Crippen molar-refractivity contribution in [3.63, 3.8) is 0 Å². The molecular weight excluding hydrogens is 332 g/mol. The third-order valence-corrected chi connectivity index (χ3v) is 6.98. The number of ether oxygens (including phenoxy) is 1. The van der Waals surface area contributed by atoms with E-state index in [1.165, 1.54) is 6.92 Å². The Hall–Kier alpha value is -1.47. The number of carbonyl (C=O) groups is 1. The summed E-state index contributed by atoms with van der Waals surface area (Å²) in [5.41, 5.74) is 0.912. The van der Waals surface area contributed by atoms with Crippen molar-refractivity contribution < 1.29 is 18.6 Å². The second kappa shape index (κ2) is 6.57. The van der Waals surface area contributed by atoms with Crippen molar-refractivity contribution >= 4 is 28.3 Å². The average molecular weight is 348 g/mol. The van der Waals surface area contributed by atoms with Crippen LogP contribution in [0, 0.1) is 0 Å². The van der Waals surface area contributed by atoms with Gasteiger partial charge in [-0.3, -0.25) is 4.79 Å². The Kier molecular flexibility index (Phi) is 4.68. The molecule has 2 aromatic carbocycles. The van der Waals surface area contributed by atoms with E-state index < -0.39 is 22.4 Å². The first-order chi connectivity index (χ1) is 11.0. The Labute approximate surface area is 141 Å². The predicted molar refractivity (Wildman–Crippen MR) is 87.3 cm³/mol. The molecule has 1 aliphatic rings. The van der Waals surface area contributed by atoms with Gasteiger partial charge in [0, 0.05) is 41.3 Å². The minimum atomic E-state index is -1.35. The second-order valence-corrected chi connectivity index (χ2v) is 8.23. The maximum Gasteiger partial charge on any atom is 0.302 e. The van der Waals surface area contributed by atoms with Crippen molar-refractivity contribution in [1.29, 1.82) is 0 Å². The zero-order valence-electron chi connectivity index (χ0n) is 12.8. The van der Waals surface area contributed by atoms with Crippen molar-refractivity contribution in [3.8, 4) is 0 Å². The molecule has 0 saturated carbocycles. The molecule has 1 aliphatic heterocycles. The fourth-order valence-electron chi connectivity index (χ4n) is 2.46. The molecule has 3 unspecified atom stereocenters. The highest BCUT2D eigenvalue weighted by molar-refractivity contribution is 7.97. The van der Waals surface area contributed by atoms with Gasteiger partial charge in [0.15, 0.2) is 0 Å². The monoisotopic (exact) mass is 348 g/mol. The molecule has 23 heavy (non-hydrogen) atoms. The summed E-state index contributed by atoms with van der Waals surface area (Å²) in [5, 5.41) is 0. The molecule has 0 saturated heterocycles. The number of benzene rings is 2. The van der Waals surface area contributed by atoms with E-state index in [0.717, 1.165) is 5.56 Å². The maximum absolute atomic E-state index is 12.8. The second-order valence-electron chi connectivity index (χ2n) is 5.39. The van der Waals surface area contributed by atoms with E-state index in [2.05, 4.69) is 0 Å². The highest BCUT2D eigenvalue weighted by atomic mass is 32.2. The van der Waals surface area contributed by atoms with Crippen molar-refractivity contribution in [2.45, 2.75) is 39.3 Å². The van der Waals surface area contributed by atoms with Crippen LogP contribution in [0.1, 0.15) is 25.3 Å². The summed E-state index contributed by atoms with van der Waals surface area (Å²) in [6.07, 6.45) is 0. The molecular formula is C17H16O4S2. The van der Waals surface area contributed by atoms with Crippen LogP contribution in [0.4, 0.5) is 0 Å². The molecule has 4 nitrogen and oxygen atoms in total. The molecule has 0 radical (unpaired) electrons. The van der Waals surface area contributed by atoms with Gasteiger partial charge in [0.05, 0.1) is 6.61 Å². The molecule has 3 rings (SSSR count). The zero-order chi connectivity index (χ0) is 16.6. The summed E-state index contributed by atoms with van der Waals surface area (Å²) < 4.78 is 30.5. The molecule has 0 spiro atoms. The van der Waals surface area contributed by atoms with E-state index in [-0.39, 0.29) is 18.5 Å². The summed E-state index contributed by atoms with van der Waals surface area (Å²) in [4.78, 5) is 13.3. The molecule has 0 N–H and O–H groups in total. The first-order valence-electron chi connectivity index (χ1n) is 7.19. The summed E-state index contributed by atoms with van der Waals surface area (Å²) >= 11 is -2.67. The number of rotatable bonds is 3. The van der Waals surface area contributed by atoms with Crippen LogP contribution in [0.3, 0.4) is 0 Å². The van der Waals surface area contributed by atoms with Gasteiger partial charge in [0.1, 0.15) is 0 Å². The number of fused-ring (bicyclic) bond motifs is 2. The van der Waals surface area contributed by atoms with E-state index in [4.69, 9.17) is 4.74 Å². The highest BCUT2D eigenvalue weighted by Crippen LogP contribution is 2.40. The fraction of sp³-hybridized carbons (Fsp3) is 0.235. The lowest BCUT2D eigenvalue weighted by atomic mass is 10.0. The Bertz CT molecular complexity index is 747. The SMILES string of the molecule is CC(=O)OCC(C)c1ccc2c(c1)[S+]([O-])c1ccccc1[S+]2[O-]. The van der Waals surface area contributed by atoms with Gasteiger partial charge in [0.2, 0.25) is 19.6 Å². The fourth-order valence-corrected chi connectivity index (χ4v) is 5.68. The van der Waals surface area contributed by atoms with Crippen molar-refractivity contribution in [2.75, 3.05) is 6.61 Å². The molecule has 0 amide bonds. The van der Waals surface area contributed by atoms with Gasteiger partial charge in [-0.05, 0) is 23.8 Å². The minimum absolute atomic E-state index is 0.0215. The van der Waals surface area contributed by atoms with Crippen LogP contribution in [0.15, 0.2) is 62.0 Å². The first-order valence-corrected chi connectivity index (χ1v) is 9.49. The Balaban J connectivity index is 1.95. The summed E-state index contributed by atoms with van der Waals surface area (Å²) in [5.74, 6) is -0.347. The van der Waals surface area contributed by atoms with Gasteiger partial charge >= 0.3 is 5.97 Å². The number of carbonyl (C=O) groups excluding carboxylic acids is 1. The standard InChI is InChI=1S/C17H16O4S2/c1-11(10-21-12(2)18)13-7-8-16-17(9-13)23(20)15-6-4-3-5-14(15)22(16)19/h3-9,11H,10H2,1-2H3. The van der Waals surface area contributed by atoms with Crippen LogP contribution >= 0.6 is 0 Å². The first kappa shape index (κ1) is 16.4. The largest absolute Gasteiger partial charge is 0.606 e. The molecule has 1 heterocycles. The average Bonchev–Trinajstić information content (AvgIpc) is 2.57. The van der Waals surface area contributed by atoms with Gasteiger partial charge in [-0.25, -0.2) is 0 Å². The molecule has 0 bridgehead atoms. The molecule has 3 atom stereocenters. The van der Waals surface area contributed by atoms with Crippen LogP contribution in [0.2, 0.25) is 0 Å². The van der Waals surface area contributed by atoms with Crippen LogP contribution in [-0.4, -0.2) is 21.7 Å². The maximum atomic E-state index is 12.8. The van der Waals surface area contributed by atoms with Gasteiger partial charge in [-0.1, -0.05) is 25.1 Å². The molecule has 0 aromatic heterocycles. The van der Waals surface area contributed by atoms with Gasteiger partial charge in [-0.15, -0.1) is 0 Å². The van der Waals surface area contributed by atoms with E-state index >= 15 is 0 Å². The van der Waals surface area contributed by atoms with Crippen molar-refractivity contribution in [3.05, 3.63) is 48.0 Å². The lowest BCUT2D eigenvalue weighted by Crippen LogP contribution is -2.20. The van der Waals surface area contributed by atoms with E-state index in [0.29, 0.717) is 19.6 Å². The van der Waals surface area contributed by atoms with Crippen molar-refractivity contribution in [1.82, 2.24) is 0 Å². The normalized spacial score (nSPS) is 20.3.